The average molecular weight is 383 g/mol. The number of amides is 1. The monoisotopic (exact) mass is 383 g/mol. The summed E-state index contributed by atoms with van der Waals surface area (Å²) in [5.74, 6) is 0.686. The lowest BCUT2D eigenvalue weighted by atomic mass is 10.0. The molecule has 2 aromatic rings. The molecule has 148 valence electrons. The third kappa shape index (κ3) is 3.77. The van der Waals surface area contributed by atoms with Crippen molar-refractivity contribution < 1.29 is 13.9 Å². The minimum atomic E-state index is -0.227. The number of carbonyl (C=O) groups excluding carboxylic acids is 1. The van der Waals surface area contributed by atoms with Gasteiger partial charge in [-0.05, 0) is 48.7 Å². The molecule has 1 amide bonds. The molecule has 2 aromatic carbocycles. The van der Waals surface area contributed by atoms with Crippen molar-refractivity contribution in [2.75, 3.05) is 56.2 Å². The van der Waals surface area contributed by atoms with Crippen molar-refractivity contribution in [3.05, 3.63) is 53.8 Å². The largest absolute Gasteiger partial charge is 0.497 e. The lowest BCUT2D eigenvalue weighted by Crippen LogP contribution is -2.51. The zero-order chi connectivity index (χ0) is 19.5. The molecule has 0 N–H and O–H groups in total. The Labute approximate surface area is 165 Å². The summed E-state index contributed by atoms with van der Waals surface area (Å²) in [5, 5.41) is 0. The van der Waals surface area contributed by atoms with Gasteiger partial charge in [0, 0.05) is 38.4 Å². The Morgan fingerprint density at radius 2 is 1.79 bits per heavy atom. The number of methoxy groups -OCH3 is 1. The summed E-state index contributed by atoms with van der Waals surface area (Å²) in [5.41, 5.74) is 2.75. The van der Waals surface area contributed by atoms with Crippen molar-refractivity contribution in [3.8, 4) is 5.75 Å². The first-order valence-corrected chi connectivity index (χ1v) is 9.85. The van der Waals surface area contributed by atoms with E-state index in [1.165, 1.54) is 6.07 Å². The molecule has 0 unspecified atom stereocenters. The van der Waals surface area contributed by atoms with Crippen LogP contribution < -0.4 is 14.5 Å². The summed E-state index contributed by atoms with van der Waals surface area (Å²) in [6, 6.07) is 13.2. The number of aryl methyl sites for hydroxylation is 1. The quantitative estimate of drug-likeness (QED) is 0.813. The number of hydrogen-bond donors (Lipinski definition) is 0. The number of rotatable bonds is 4. The highest BCUT2D eigenvalue weighted by Crippen LogP contribution is 2.30. The number of benzene rings is 2. The fourth-order valence-electron chi connectivity index (χ4n) is 4.12. The highest BCUT2D eigenvalue weighted by Gasteiger charge is 2.26. The van der Waals surface area contributed by atoms with E-state index in [9.17, 15) is 9.18 Å². The third-order valence-electron chi connectivity index (χ3n) is 5.66. The zero-order valence-corrected chi connectivity index (χ0v) is 16.2. The Bertz CT molecular complexity index is 832. The fraction of sp³-hybridized carbons (Fsp3) is 0.409. The molecule has 6 heteroatoms. The van der Waals surface area contributed by atoms with Crippen LogP contribution in [0.25, 0.3) is 0 Å². The van der Waals surface area contributed by atoms with Gasteiger partial charge in [0.2, 0.25) is 5.91 Å². The molecule has 2 heterocycles. The molecule has 28 heavy (non-hydrogen) atoms. The number of para-hydroxylation sites is 1. The van der Waals surface area contributed by atoms with Crippen molar-refractivity contribution in [1.82, 2.24) is 4.90 Å². The molecule has 1 fully saturated rings. The Hall–Kier alpha value is -2.76. The average Bonchev–Trinajstić information content (AvgIpc) is 2.74. The maximum atomic E-state index is 14.3. The topological polar surface area (TPSA) is 36.0 Å². The summed E-state index contributed by atoms with van der Waals surface area (Å²) in [7, 11) is 1.66. The van der Waals surface area contributed by atoms with Crippen LogP contribution in [0.15, 0.2) is 42.5 Å². The van der Waals surface area contributed by atoms with Gasteiger partial charge in [0.25, 0.3) is 0 Å². The van der Waals surface area contributed by atoms with E-state index in [0.717, 1.165) is 49.5 Å². The fourth-order valence-corrected chi connectivity index (χ4v) is 4.12. The lowest BCUT2D eigenvalue weighted by molar-refractivity contribution is -0.130. The van der Waals surface area contributed by atoms with Gasteiger partial charge in [0.1, 0.15) is 11.6 Å². The van der Waals surface area contributed by atoms with Crippen molar-refractivity contribution in [2.45, 2.75) is 12.8 Å². The molecular weight excluding hydrogens is 357 g/mol. The predicted octanol–water partition coefficient (Wildman–Crippen LogP) is 2.94. The molecule has 0 radical (unpaired) electrons. The van der Waals surface area contributed by atoms with E-state index in [1.807, 2.05) is 40.1 Å². The molecular formula is C22H26FN3O2. The minimum Gasteiger partial charge on any atom is -0.497 e. The second kappa shape index (κ2) is 8.09. The van der Waals surface area contributed by atoms with Gasteiger partial charge in [0.05, 0.1) is 19.3 Å². The van der Waals surface area contributed by atoms with Crippen LogP contribution in [0.5, 0.6) is 5.75 Å². The maximum absolute atomic E-state index is 14.3. The Kier molecular flexibility index (Phi) is 5.37. The Morgan fingerprint density at radius 3 is 2.50 bits per heavy atom. The molecule has 5 nitrogen and oxygen atoms in total. The van der Waals surface area contributed by atoms with E-state index in [-0.39, 0.29) is 18.3 Å². The number of hydrogen-bond acceptors (Lipinski definition) is 4. The molecule has 0 aliphatic carbocycles. The number of anilines is 2. The van der Waals surface area contributed by atoms with Crippen molar-refractivity contribution >= 4 is 17.3 Å². The second-order valence-electron chi connectivity index (χ2n) is 7.34. The minimum absolute atomic E-state index is 0.0745. The van der Waals surface area contributed by atoms with E-state index >= 15 is 0 Å². The van der Waals surface area contributed by atoms with Crippen molar-refractivity contribution in [3.63, 3.8) is 0 Å². The molecule has 1 saturated heterocycles. The molecule has 2 aliphatic heterocycles. The van der Waals surface area contributed by atoms with Crippen molar-refractivity contribution in [2.24, 2.45) is 0 Å². The van der Waals surface area contributed by atoms with Gasteiger partial charge in [-0.3, -0.25) is 4.79 Å². The van der Waals surface area contributed by atoms with Gasteiger partial charge in [-0.1, -0.05) is 12.1 Å². The smallest absolute Gasteiger partial charge is 0.242 e. The summed E-state index contributed by atoms with van der Waals surface area (Å²) in [6.45, 7) is 3.93. The second-order valence-corrected chi connectivity index (χ2v) is 7.34. The summed E-state index contributed by atoms with van der Waals surface area (Å²) in [4.78, 5) is 18.9. The highest BCUT2D eigenvalue weighted by molar-refractivity contribution is 5.82. The molecule has 0 spiro atoms. The van der Waals surface area contributed by atoms with Gasteiger partial charge in [-0.2, -0.15) is 0 Å². The molecule has 0 bridgehead atoms. The normalized spacial score (nSPS) is 16.7. The first-order chi connectivity index (χ1) is 13.7. The summed E-state index contributed by atoms with van der Waals surface area (Å²) < 4.78 is 19.5. The van der Waals surface area contributed by atoms with Crippen LogP contribution in [0.3, 0.4) is 0 Å². The third-order valence-corrected chi connectivity index (χ3v) is 5.66. The van der Waals surface area contributed by atoms with Gasteiger partial charge in [-0.15, -0.1) is 0 Å². The van der Waals surface area contributed by atoms with E-state index in [4.69, 9.17) is 4.74 Å². The molecule has 4 rings (SSSR count). The molecule has 2 aliphatic rings. The Morgan fingerprint density at radius 1 is 1.04 bits per heavy atom. The molecule has 0 saturated carbocycles. The van der Waals surface area contributed by atoms with Crippen molar-refractivity contribution in [1.29, 1.82) is 0 Å². The first-order valence-electron chi connectivity index (χ1n) is 9.85. The molecule has 0 atom stereocenters. The number of piperazine rings is 1. The SMILES string of the molecule is COc1ccc(N2CCN(C(=O)CN3CCCc4cccc(F)c43)CC2)cc1. The van der Waals surface area contributed by atoms with Crippen LogP contribution >= 0.6 is 0 Å². The summed E-state index contributed by atoms with van der Waals surface area (Å²) >= 11 is 0. The number of halogens is 1. The van der Waals surface area contributed by atoms with Gasteiger partial charge in [0.15, 0.2) is 0 Å². The van der Waals surface area contributed by atoms with Gasteiger partial charge in [-0.25, -0.2) is 4.39 Å². The predicted molar refractivity (Wildman–Crippen MR) is 109 cm³/mol. The number of fused-ring (bicyclic) bond motifs is 1. The Balaban J connectivity index is 1.36. The molecule has 0 aromatic heterocycles. The number of nitrogens with zero attached hydrogens (tertiary/aromatic N) is 3. The van der Waals surface area contributed by atoms with Crippen LogP contribution in [-0.2, 0) is 11.2 Å². The van der Waals surface area contributed by atoms with Crippen LogP contribution in [0.1, 0.15) is 12.0 Å². The zero-order valence-electron chi connectivity index (χ0n) is 16.2. The summed E-state index contributed by atoms with van der Waals surface area (Å²) in [6.07, 6.45) is 1.83. The van der Waals surface area contributed by atoms with Gasteiger partial charge >= 0.3 is 0 Å². The van der Waals surface area contributed by atoms with Crippen LogP contribution in [0.4, 0.5) is 15.8 Å². The maximum Gasteiger partial charge on any atom is 0.242 e. The van der Waals surface area contributed by atoms with E-state index in [1.54, 1.807) is 13.2 Å². The van der Waals surface area contributed by atoms with Gasteiger partial charge < -0.3 is 19.4 Å². The van der Waals surface area contributed by atoms with E-state index in [2.05, 4.69) is 4.90 Å². The standard InChI is InChI=1S/C22H26FN3O2/c1-28-19-9-7-18(8-10-19)24-12-14-25(15-13-24)21(27)16-26-11-3-5-17-4-2-6-20(23)22(17)26/h2,4,6-10H,3,5,11-16H2,1H3. The number of carbonyl (C=O) groups is 1. The van der Waals surface area contributed by atoms with Crippen LogP contribution in [0.2, 0.25) is 0 Å². The lowest BCUT2D eigenvalue weighted by Gasteiger charge is -2.38. The first kappa shape index (κ1) is 18.6. The van der Waals surface area contributed by atoms with Crippen LogP contribution in [0, 0.1) is 5.82 Å². The highest BCUT2D eigenvalue weighted by atomic mass is 19.1. The van der Waals surface area contributed by atoms with E-state index < -0.39 is 0 Å². The number of ether oxygens (including phenoxy) is 1. The van der Waals surface area contributed by atoms with E-state index in [0.29, 0.717) is 18.8 Å². The van der Waals surface area contributed by atoms with Crippen LogP contribution in [-0.4, -0.2) is 57.2 Å².